The van der Waals surface area contributed by atoms with Crippen LogP contribution in [0.1, 0.15) is 54.1 Å². The molecule has 226 valence electrons. The highest BCUT2D eigenvalue weighted by Crippen LogP contribution is 2.35. The van der Waals surface area contributed by atoms with Gasteiger partial charge in [0.05, 0.1) is 36.3 Å². The number of amides is 1. The van der Waals surface area contributed by atoms with Crippen LogP contribution >= 0.6 is 0 Å². The molecular formula is C33H38N4O6. The average Bonchev–Trinajstić information content (AvgIpc) is 3.31. The van der Waals surface area contributed by atoms with Crippen molar-refractivity contribution in [2.24, 2.45) is 0 Å². The third-order valence-corrected chi connectivity index (χ3v) is 6.98. The Hall–Kier alpha value is -4.86. The predicted octanol–water partition coefficient (Wildman–Crippen LogP) is 5.65. The highest BCUT2D eigenvalue weighted by Gasteiger charge is 2.27. The number of anilines is 1. The Morgan fingerprint density at radius 3 is 2.14 bits per heavy atom. The van der Waals surface area contributed by atoms with Crippen molar-refractivity contribution in [2.75, 3.05) is 45.3 Å². The molecule has 0 aliphatic heterocycles. The lowest BCUT2D eigenvalue weighted by Crippen LogP contribution is -2.21. The molecule has 0 fully saturated rings. The molecular weight excluding hydrogens is 548 g/mol. The Balaban J connectivity index is 1.85. The fourth-order valence-corrected chi connectivity index (χ4v) is 4.98. The molecule has 43 heavy (non-hydrogen) atoms. The third-order valence-electron chi connectivity index (χ3n) is 6.98. The number of aromatic nitrogens is 2. The molecule has 0 aliphatic rings. The van der Waals surface area contributed by atoms with Gasteiger partial charge in [-0.15, -0.1) is 0 Å². The molecule has 1 amide bonds. The molecule has 0 N–H and O–H groups in total. The van der Waals surface area contributed by atoms with Gasteiger partial charge < -0.3 is 28.6 Å². The van der Waals surface area contributed by atoms with Crippen molar-refractivity contribution in [1.29, 1.82) is 0 Å². The van der Waals surface area contributed by atoms with Crippen LogP contribution in [0.25, 0.3) is 16.6 Å². The standard InChI is InChI=1S/C33H38N4O6/c1-7-36(8-2)23-12-14-24(15-13-23)37-27-17-16-25(43-29-18-11-22(21-34-29)32(39)35(5)6)19-26(27)31(33(40)42-10-4)28(37)20-30(38)41-9-3/h11-19,21H,7-10,20H2,1-6H3. The lowest BCUT2D eigenvalue weighted by atomic mass is 10.1. The monoisotopic (exact) mass is 586 g/mol. The third kappa shape index (κ3) is 6.80. The summed E-state index contributed by atoms with van der Waals surface area (Å²) in [5, 5.41) is 0.558. The summed E-state index contributed by atoms with van der Waals surface area (Å²) in [6.45, 7) is 9.81. The van der Waals surface area contributed by atoms with Crippen LogP contribution < -0.4 is 9.64 Å². The molecule has 2 aromatic heterocycles. The number of benzene rings is 2. The van der Waals surface area contributed by atoms with Gasteiger partial charge in [-0.1, -0.05) is 0 Å². The first-order chi connectivity index (χ1) is 20.7. The van der Waals surface area contributed by atoms with Gasteiger partial charge in [0.25, 0.3) is 5.91 Å². The second kappa shape index (κ2) is 13.9. The maximum atomic E-state index is 13.4. The quantitative estimate of drug-likeness (QED) is 0.196. The summed E-state index contributed by atoms with van der Waals surface area (Å²) >= 11 is 0. The van der Waals surface area contributed by atoms with Crippen LogP contribution in [0.3, 0.4) is 0 Å². The van der Waals surface area contributed by atoms with Gasteiger partial charge in [-0.05, 0) is 76.2 Å². The maximum absolute atomic E-state index is 13.4. The molecule has 0 radical (unpaired) electrons. The summed E-state index contributed by atoms with van der Waals surface area (Å²) in [5.41, 5.74) is 3.72. The number of pyridine rings is 1. The second-order valence-corrected chi connectivity index (χ2v) is 9.91. The van der Waals surface area contributed by atoms with E-state index in [4.69, 9.17) is 14.2 Å². The summed E-state index contributed by atoms with van der Waals surface area (Å²) in [5.74, 6) is -0.461. The Morgan fingerprint density at radius 1 is 0.860 bits per heavy atom. The molecule has 0 spiro atoms. The second-order valence-electron chi connectivity index (χ2n) is 9.91. The number of hydrogen-bond acceptors (Lipinski definition) is 8. The fourth-order valence-electron chi connectivity index (χ4n) is 4.98. The van der Waals surface area contributed by atoms with Crippen molar-refractivity contribution >= 4 is 34.4 Å². The molecule has 10 heteroatoms. The van der Waals surface area contributed by atoms with E-state index in [-0.39, 0.29) is 37.0 Å². The van der Waals surface area contributed by atoms with Crippen molar-refractivity contribution in [2.45, 2.75) is 34.1 Å². The molecule has 4 aromatic rings. The number of ether oxygens (including phenoxy) is 3. The minimum atomic E-state index is -0.549. The minimum Gasteiger partial charge on any atom is -0.466 e. The summed E-state index contributed by atoms with van der Waals surface area (Å²) in [6, 6.07) is 16.6. The SMILES string of the molecule is CCOC(=O)Cc1c(C(=O)OCC)c2cc(Oc3ccc(C(=O)N(C)C)cn3)ccc2n1-c1ccc(N(CC)CC)cc1. The summed E-state index contributed by atoms with van der Waals surface area (Å²) < 4.78 is 18.7. The first-order valence-corrected chi connectivity index (χ1v) is 14.4. The molecule has 4 rings (SSSR count). The molecule has 2 aromatic carbocycles. The Bertz CT molecular complexity index is 1590. The van der Waals surface area contributed by atoms with Crippen LogP contribution in [0.4, 0.5) is 5.69 Å². The number of hydrogen-bond donors (Lipinski definition) is 0. The van der Waals surface area contributed by atoms with Crippen molar-refractivity contribution in [1.82, 2.24) is 14.5 Å². The van der Waals surface area contributed by atoms with Crippen LogP contribution in [0.2, 0.25) is 0 Å². The van der Waals surface area contributed by atoms with E-state index in [1.165, 1.54) is 11.1 Å². The first kappa shape index (κ1) is 31.1. The Morgan fingerprint density at radius 2 is 1.56 bits per heavy atom. The molecule has 0 bridgehead atoms. The molecule has 10 nitrogen and oxygen atoms in total. The van der Waals surface area contributed by atoms with E-state index < -0.39 is 11.9 Å². The van der Waals surface area contributed by atoms with Gasteiger partial charge in [-0.25, -0.2) is 9.78 Å². The van der Waals surface area contributed by atoms with Crippen LogP contribution in [-0.4, -0.2) is 72.7 Å². The summed E-state index contributed by atoms with van der Waals surface area (Å²) in [4.78, 5) is 46.4. The van der Waals surface area contributed by atoms with Crippen molar-refractivity contribution in [3.63, 3.8) is 0 Å². The number of fused-ring (bicyclic) bond motifs is 1. The highest BCUT2D eigenvalue weighted by atomic mass is 16.5. The number of carbonyl (C=O) groups is 3. The number of nitrogens with zero attached hydrogens (tertiary/aromatic N) is 4. The van der Waals surface area contributed by atoms with E-state index >= 15 is 0 Å². The average molecular weight is 587 g/mol. The Labute approximate surface area is 251 Å². The zero-order chi connectivity index (χ0) is 31.1. The fraction of sp³-hybridized carbons (Fsp3) is 0.333. The van der Waals surface area contributed by atoms with Crippen LogP contribution in [0, 0.1) is 0 Å². The minimum absolute atomic E-state index is 0.131. The van der Waals surface area contributed by atoms with E-state index in [9.17, 15) is 14.4 Å². The maximum Gasteiger partial charge on any atom is 0.340 e. The lowest BCUT2D eigenvalue weighted by molar-refractivity contribution is -0.142. The van der Waals surface area contributed by atoms with Crippen LogP contribution in [0.15, 0.2) is 60.8 Å². The van der Waals surface area contributed by atoms with Gasteiger partial charge >= 0.3 is 11.9 Å². The first-order valence-electron chi connectivity index (χ1n) is 14.4. The highest BCUT2D eigenvalue weighted by molar-refractivity contribution is 6.08. The topological polar surface area (TPSA) is 103 Å². The largest absolute Gasteiger partial charge is 0.466 e. The van der Waals surface area contributed by atoms with Gasteiger partial charge in [0, 0.05) is 61.9 Å². The van der Waals surface area contributed by atoms with Gasteiger partial charge in [0.1, 0.15) is 5.75 Å². The molecule has 0 unspecified atom stereocenters. The van der Waals surface area contributed by atoms with E-state index in [0.717, 1.165) is 24.5 Å². The molecule has 0 saturated carbocycles. The summed E-state index contributed by atoms with van der Waals surface area (Å²) in [7, 11) is 3.34. The van der Waals surface area contributed by atoms with Gasteiger partial charge in [-0.2, -0.15) is 0 Å². The van der Waals surface area contributed by atoms with Crippen molar-refractivity contribution < 1.29 is 28.6 Å². The summed E-state index contributed by atoms with van der Waals surface area (Å²) in [6.07, 6.45) is 1.32. The number of rotatable bonds is 12. The normalized spacial score (nSPS) is 10.8. The van der Waals surface area contributed by atoms with Gasteiger partial charge in [0.2, 0.25) is 5.88 Å². The lowest BCUT2D eigenvalue weighted by Gasteiger charge is -2.21. The van der Waals surface area contributed by atoms with E-state index in [1.54, 1.807) is 52.2 Å². The van der Waals surface area contributed by atoms with Gasteiger partial charge in [-0.3, -0.25) is 9.59 Å². The van der Waals surface area contributed by atoms with Crippen LogP contribution in [-0.2, 0) is 20.7 Å². The van der Waals surface area contributed by atoms with E-state index in [2.05, 4.69) is 23.7 Å². The zero-order valence-corrected chi connectivity index (χ0v) is 25.5. The van der Waals surface area contributed by atoms with E-state index in [1.807, 2.05) is 34.9 Å². The van der Waals surface area contributed by atoms with E-state index in [0.29, 0.717) is 27.9 Å². The smallest absolute Gasteiger partial charge is 0.340 e. The number of carbonyl (C=O) groups excluding carboxylic acids is 3. The van der Waals surface area contributed by atoms with Gasteiger partial charge in [0.15, 0.2) is 0 Å². The zero-order valence-electron chi connectivity index (χ0n) is 25.5. The van der Waals surface area contributed by atoms with Crippen molar-refractivity contribution in [3.05, 3.63) is 77.6 Å². The Kier molecular flexibility index (Phi) is 10.0. The molecule has 2 heterocycles. The molecule has 0 atom stereocenters. The number of esters is 2. The van der Waals surface area contributed by atoms with Crippen molar-refractivity contribution in [3.8, 4) is 17.3 Å². The van der Waals surface area contributed by atoms with Crippen LogP contribution in [0.5, 0.6) is 11.6 Å². The molecule has 0 aliphatic carbocycles. The predicted molar refractivity (Wildman–Crippen MR) is 165 cm³/mol. The molecule has 0 saturated heterocycles.